The van der Waals surface area contributed by atoms with Crippen molar-refractivity contribution in [2.24, 2.45) is 0 Å². The number of aliphatic hydroxyl groups excluding tert-OH is 1. The summed E-state index contributed by atoms with van der Waals surface area (Å²) >= 11 is 5.96. The van der Waals surface area contributed by atoms with Crippen LogP contribution in [0.5, 0.6) is 0 Å². The number of aromatic nitrogens is 1. The Balaban J connectivity index is 2.99. The fourth-order valence-electron chi connectivity index (χ4n) is 1.41. The van der Waals surface area contributed by atoms with E-state index in [9.17, 15) is 9.59 Å². The molecule has 94 valence electrons. The molecule has 1 heterocycles. The number of aryl methyl sites for hydroxylation is 1. The summed E-state index contributed by atoms with van der Waals surface area (Å²) in [6.07, 6.45) is 1.51. The van der Waals surface area contributed by atoms with E-state index < -0.39 is 11.5 Å². The van der Waals surface area contributed by atoms with Gasteiger partial charge in [0.15, 0.2) is 0 Å². The summed E-state index contributed by atoms with van der Waals surface area (Å²) in [6.45, 7) is 1.90. The van der Waals surface area contributed by atoms with Gasteiger partial charge < -0.3 is 15.4 Å². The third-order valence-corrected chi connectivity index (χ3v) is 2.55. The van der Waals surface area contributed by atoms with Crippen LogP contribution in [0.25, 0.3) is 0 Å². The van der Waals surface area contributed by atoms with Crippen molar-refractivity contribution in [1.82, 2.24) is 10.3 Å². The van der Waals surface area contributed by atoms with Gasteiger partial charge in [-0.05, 0) is 12.5 Å². The fraction of sp³-hybridized carbons (Fsp3) is 0.455. The molecular formula is C11H15ClN2O3. The highest BCUT2D eigenvalue weighted by Gasteiger charge is 2.13. The number of H-pyrrole nitrogens is 1. The standard InChI is InChI=1S/C11H15ClN2O3/c1-2-3-9-8(12)6-7(11(17)14-9)10(16)13-4-5-15/h6,15H,2-5H2,1H3,(H,13,16)(H,14,17). The third-order valence-electron chi connectivity index (χ3n) is 2.21. The third kappa shape index (κ3) is 3.57. The number of carbonyl (C=O) groups is 1. The quantitative estimate of drug-likeness (QED) is 0.727. The Morgan fingerprint density at radius 2 is 2.29 bits per heavy atom. The molecule has 0 bridgehead atoms. The average molecular weight is 259 g/mol. The molecule has 1 aromatic rings. The summed E-state index contributed by atoms with van der Waals surface area (Å²) in [5, 5.41) is 11.3. The van der Waals surface area contributed by atoms with Crippen molar-refractivity contribution in [3.05, 3.63) is 32.7 Å². The molecule has 1 rings (SSSR count). The molecule has 1 amide bonds. The first-order valence-electron chi connectivity index (χ1n) is 5.41. The van der Waals surface area contributed by atoms with Crippen molar-refractivity contribution < 1.29 is 9.90 Å². The maximum absolute atomic E-state index is 11.6. The molecule has 0 fully saturated rings. The largest absolute Gasteiger partial charge is 0.395 e. The normalized spacial score (nSPS) is 10.3. The number of nitrogens with one attached hydrogen (secondary N) is 2. The first kappa shape index (κ1) is 13.7. The van der Waals surface area contributed by atoms with E-state index in [2.05, 4.69) is 10.3 Å². The lowest BCUT2D eigenvalue weighted by Crippen LogP contribution is -2.31. The van der Waals surface area contributed by atoms with Gasteiger partial charge in [0.2, 0.25) is 0 Å². The number of halogens is 1. The van der Waals surface area contributed by atoms with E-state index in [1.54, 1.807) is 0 Å². The zero-order chi connectivity index (χ0) is 12.8. The van der Waals surface area contributed by atoms with Crippen molar-refractivity contribution in [2.45, 2.75) is 19.8 Å². The summed E-state index contributed by atoms with van der Waals surface area (Å²) < 4.78 is 0. The molecule has 0 aromatic carbocycles. The number of aliphatic hydroxyl groups is 1. The molecule has 0 saturated carbocycles. The number of pyridine rings is 1. The van der Waals surface area contributed by atoms with Crippen LogP contribution in [-0.2, 0) is 6.42 Å². The van der Waals surface area contributed by atoms with Gasteiger partial charge in [0.1, 0.15) is 5.56 Å². The average Bonchev–Trinajstić information content (AvgIpc) is 2.30. The predicted molar refractivity (Wildman–Crippen MR) is 65.5 cm³/mol. The minimum atomic E-state index is -0.537. The Morgan fingerprint density at radius 1 is 1.59 bits per heavy atom. The molecule has 0 aliphatic heterocycles. The van der Waals surface area contributed by atoms with Crippen molar-refractivity contribution in [3.8, 4) is 0 Å². The van der Waals surface area contributed by atoms with E-state index in [1.807, 2.05) is 6.92 Å². The van der Waals surface area contributed by atoms with Crippen LogP contribution >= 0.6 is 11.6 Å². The van der Waals surface area contributed by atoms with E-state index in [0.29, 0.717) is 17.1 Å². The second kappa shape index (κ2) is 6.42. The minimum absolute atomic E-state index is 0.0386. The van der Waals surface area contributed by atoms with Gasteiger partial charge in [-0.3, -0.25) is 9.59 Å². The van der Waals surface area contributed by atoms with E-state index in [0.717, 1.165) is 6.42 Å². The first-order valence-corrected chi connectivity index (χ1v) is 5.78. The van der Waals surface area contributed by atoms with E-state index >= 15 is 0 Å². The van der Waals surface area contributed by atoms with Gasteiger partial charge in [0, 0.05) is 12.2 Å². The Labute approximate surface area is 104 Å². The van der Waals surface area contributed by atoms with Crippen molar-refractivity contribution in [3.63, 3.8) is 0 Å². The second-order valence-electron chi connectivity index (χ2n) is 3.57. The van der Waals surface area contributed by atoms with Crippen molar-refractivity contribution >= 4 is 17.5 Å². The highest BCUT2D eigenvalue weighted by atomic mass is 35.5. The summed E-state index contributed by atoms with van der Waals surface area (Å²) in [4.78, 5) is 25.8. The van der Waals surface area contributed by atoms with Crippen LogP contribution in [0.4, 0.5) is 0 Å². The van der Waals surface area contributed by atoms with Gasteiger partial charge in [-0.2, -0.15) is 0 Å². The van der Waals surface area contributed by atoms with Gasteiger partial charge in [0.05, 0.1) is 11.6 Å². The van der Waals surface area contributed by atoms with Crippen LogP contribution in [0.3, 0.4) is 0 Å². The molecule has 0 atom stereocenters. The molecule has 0 saturated heterocycles. The van der Waals surface area contributed by atoms with E-state index in [4.69, 9.17) is 16.7 Å². The van der Waals surface area contributed by atoms with Crippen LogP contribution in [0.2, 0.25) is 5.02 Å². The lowest BCUT2D eigenvalue weighted by molar-refractivity contribution is 0.0943. The summed E-state index contributed by atoms with van der Waals surface area (Å²) in [7, 11) is 0. The van der Waals surface area contributed by atoms with Crippen LogP contribution in [0.1, 0.15) is 29.4 Å². The van der Waals surface area contributed by atoms with Crippen LogP contribution in [0.15, 0.2) is 10.9 Å². The van der Waals surface area contributed by atoms with Crippen LogP contribution in [0, 0.1) is 0 Å². The molecule has 0 spiro atoms. The zero-order valence-corrected chi connectivity index (χ0v) is 10.3. The predicted octanol–water partition coefficient (Wildman–Crippen LogP) is 0.703. The monoisotopic (exact) mass is 258 g/mol. The SMILES string of the molecule is CCCc1[nH]c(=O)c(C(=O)NCCO)cc1Cl. The van der Waals surface area contributed by atoms with E-state index in [-0.39, 0.29) is 18.7 Å². The molecule has 0 radical (unpaired) electrons. The zero-order valence-electron chi connectivity index (χ0n) is 9.55. The Hall–Kier alpha value is -1.33. The molecule has 17 heavy (non-hydrogen) atoms. The maximum atomic E-state index is 11.6. The Bertz CT molecular complexity index is 457. The molecule has 5 nitrogen and oxygen atoms in total. The lowest BCUT2D eigenvalue weighted by atomic mass is 10.2. The Morgan fingerprint density at radius 3 is 2.88 bits per heavy atom. The van der Waals surface area contributed by atoms with Gasteiger partial charge in [0.25, 0.3) is 11.5 Å². The number of aromatic amines is 1. The van der Waals surface area contributed by atoms with Crippen molar-refractivity contribution in [1.29, 1.82) is 0 Å². The number of rotatable bonds is 5. The van der Waals surface area contributed by atoms with E-state index in [1.165, 1.54) is 6.07 Å². The van der Waals surface area contributed by atoms with Crippen LogP contribution < -0.4 is 10.9 Å². The maximum Gasteiger partial charge on any atom is 0.261 e. The first-order chi connectivity index (χ1) is 8.10. The summed E-state index contributed by atoms with van der Waals surface area (Å²) in [5.74, 6) is -0.537. The van der Waals surface area contributed by atoms with Gasteiger partial charge in [-0.15, -0.1) is 0 Å². The fourth-order valence-corrected chi connectivity index (χ4v) is 1.66. The second-order valence-corrected chi connectivity index (χ2v) is 3.98. The number of hydrogen-bond donors (Lipinski definition) is 3. The summed E-state index contributed by atoms with van der Waals surface area (Å²) in [6, 6.07) is 1.36. The highest BCUT2D eigenvalue weighted by Crippen LogP contribution is 2.14. The Kier molecular flexibility index (Phi) is 5.18. The number of carbonyl (C=O) groups excluding carboxylic acids is 1. The molecule has 0 unspecified atom stereocenters. The highest BCUT2D eigenvalue weighted by molar-refractivity contribution is 6.31. The molecular weight excluding hydrogens is 244 g/mol. The smallest absolute Gasteiger partial charge is 0.261 e. The number of hydrogen-bond acceptors (Lipinski definition) is 3. The van der Waals surface area contributed by atoms with Crippen molar-refractivity contribution in [2.75, 3.05) is 13.2 Å². The molecule has 0 aliphatic carbocycles. The number of amides is 1. The van der Waals surface area contributed by atoms with Gasteiger partial charge in [-0.25, -0.2) is 0 Å². The topological polar surface area (TPSA) is 82.2 Å². The van der Waals surface area contributed by atoms with Crippen LogP contribution in [-0.4, -0.2) is 29.1 Å². The molecule has 1 aromatic heterocycles. The molecule has 6 heteroatoms. The summed E-state index contributed by atoms with van der Waals surface area (Å²) in [5.41, 5.74) is 0.134. The lowest BCUT2D eigenvalue weighted by Gasteiger charge is -2.06. The van der Waals surface area contributed by atoms with Gasteiger partial charge in [-0.1, -0.05) is 24.9 Å². The minimum Gasteiger partial charge on any atom is -0.395 e. The molecule has 3 N–H and O–H groups in total. The van der Waals surface area contributed by atoms with Gasteiger partial charge >= 0.3 is 0 Å². The molecule has 0 aliphatic rings.